The lowest BCUT2D eigenvalue weighted by Crippen LogP contribution is -2.10. The number of hydrogen-bond donors (Lipinski definition) is 3. The molecule has 2 aromatic rings. The molecular formula is C15H19N5O2. The van der Waals surface area contributed by atoms with Crippen LogP contribution >= 0.6 is 0 Å². The van der Waals surface area contributed by atoms with Crippen LogP contribution in [0.25, 0.3) is 0 Å². The summed E-state index contributed by atoms with van der Waals surface area (Å²) in [6.45, 7) is 2.24. The van der Waals surface area contributed by atoms with Crippen molar-refractivity contribution >= 4 is 11.9 Å². The Kier molecular flexibility index (Phi) is 4.04. The molecule has 0 aromatic carbocycles. The summed E-state index contributed by atoms with van der Waals surface area (Å²) in [6, 6.07) is 1.45. The summed E-state index contributed by atoms with van der Waals surface area (Å²) in [4.78, 5) is 19.3. The normalized spacial score (nSPS) is 14.2. The minimum atomic E-state index is -1.05. The van der Waals surface area contributed by atoms with Gasteiger partial charge < -0.3 is 10.4 Å². The van der Waals surface area contributed by atoms with E-state index in [1.165, 1.54) is 36.6 Å². The Morgan fingerprint density at radius 3 is 2.95 bits per heavy atom. The monoisotopic (exact) mass is 301 g/mol. The predicted molar refractivity (Wildman–Crippen MR) is 80.9 cm³/mol. The second-order valence-electron chi connectivity index (χ2n) is 5.56. The van der Waals surface area contributed by atoms with Gasteiger partial charge in [-0.05, 0) is 44.2 Å². The Morgan fingerprint density at radius 2 is 2.14 bits per heavy atom. The molecule has 1 aliphatic rings. The average Bonchev–Trinajstić information content (AvgIpc) is 2.71. The number of aryl methyl sites for hydroxylation is 2. The van der Waals surface area contributed by atoms with Crippen LogP contribution in [-0.4, -0.2) is 31.2 Å². The van der Waals surface area contributed by atoms with E-state index in [0.717, 1.165) is 18.5 Å². The molecule has 1 aliphatic carbocycles. The van der Waals surface area contributed by atoms with E-state index in [-0.39, 0.29) is 5.69 Å². The first kappa shape index (κ1) is 14.5. The molecule has 0 bridgehead atoms. The molecule has 3 rings (SSSR count). The van der Waals surface area contributed by atoms with Crippen molar-refractivity contribution < 1.29 is 9.90 Å². The fourth-order valence-electron chi connectivity index (χ4n) is 2.79. The van der Waals surface area contributed by atoms with E-state index in [2.05, 4.69) is 25.5 Å². The third-order valence-corrected chi connectivity index (χ3v) is 3.88. The highest BCUT2D eigenvalue weighted by atomic mass is 16.4. The number of nitrogens with zero attached hydrogens (tertiary/aromatic N) is 3. The molecular weight excluding hydrogens is 282 g/mol. The number of fused-ring (bicyclic) bond motifs is 1. The van der Waals surface area contributed by atoms with Crippen LogP contribution in [0.2, 0.25) is 0 Å². The number of aromatic carboxylic acids is 1. The number of carboxylic acid groups (broad SMARTS) is 1. The van der Waals surface area contributed by atoms with Crippen LogP contribution in [0.5, 0.6) is 0 Å². The Hall–Kier alpha value is -2.44. The van der Waals surface area contributed by atoms with Crippen molar-refractivity contribution in [3.05, 3.63) is 34.4 Å². The molecule has 3 N–H and O–H groups in total. The van der Waals surface area contributed by atoms with E-state index in [9.17, 15) is 4.79 Å². The molecule has 0 saturated heterocycles. The molecule has 7 nitrogen and oxygen atoms in total. The summed E-state index contributed by atoms with van der Waals surface area (Å²) < 4.78 is 0. The molecule has 0 spiro atoms. The summed E-state index contributed by atoms with van der Waals surface area (Å²) >= 11 is 0. The molecule has 116 valence electrons. The molecule has 2 heterocycles. The van der Waals surface area contributed by atoms with Crippen molar-refractivity contribution in [2.45, 2.75) is 45.6 Å². The summed E-state index contributed by atoms with van der Waals surface area (Å²) in [7, 11) is 0. The van der Waals surface area contributed by atoms with Crippen molar-refractivity contribution in [2.75, 3.05) is 5.32 Å². The first-order valence-electron chi connectivity index (χ1n) is 7.51. The number of anilines is 1. The molecule has 0 radical (unpaired) electrons. The topological polar surface area (TPSA) is 104 Å². The first-order chi connectivity index (χ1) is 10.6. The van der Waals surface area contributed by atoms with E-state index in [1.807, 2.05) is 0 Å². The number of hydrogen-bond acceptors (Lipinski definition) is 5. The Morgan fingerprint density at radius 1 is 1.32 bits per heavy atom. The number of carbonyl (C=O) groups is 1. The van der Waals surface area contributed by atoms with Gasteiger partial charge in [0.15, 0.2) is 5.69 Å². The van der Waals surface area contributed by atoms with Gasteiger partial charge >= 0.3 is 5.97 Å². The van der Waals surface area contributed by atoms with Crippen LogP contribution in [0, 0.1) is 6.92 Å². The maximum atomic E-state index is 11.0. The Labute approximate surface area is 128 Å². The minimum Gasteiger partial charge on any atom is -0.477 e. The molecule has 0 aliphatic heterocycles. The number of nitrogens with one attached hydrogen (secondary N) is 2. The van der Waals surface area contributed by atoms with Crippen LogP contribution in [0.3, 0.4) is 0 Å². The lowest BCUT2D eigenvalue weighted by Gasteiger charge is -2.07. The van der Waals surface area contributed by atoms with E-state index < -0.39 is 5.97 Å². The van der Waals surface area contributed by atoms with Crippen molar-refractivity contribution in [3.63, 3.8) is 0 Å². The lowest BCUT2D eigenvalue weighted by atomic mass is 10.1. The zero-order chi connectivity index (χ0) is 15.5. The summed E-state index contributed by atoms with van der Waals surface area (Å²) in [6.07, 6.45) is 5.72. The molecule has 2 aromatic heterocycles. The van der Waals surface area contributed by atoms with Gasteiger partial charge in [-0.3, -0.25) is 5.10 Å². The Balaban J connectivity index is 1.76. The number of aromatic nitrogens is 4. The number of carboxylic acids is 1. The van der Waals surface area contributed by atoms with Crippen LogP contribution in [0.4, 0.5) is 5.95 Å². The van der Waals surface area contributed by atoms with Gasteiger partial charge in [0.05, 0.1) is 12.2 Å². The van der Waals surface area contributed by atoms with Gasteiger partial charge in [0.2, 0.25) is 5.95 Å². The Bertz CT molecular complexity index is 695. The largest absolute Gasteiger partial charge is 0.477 e. The summed E-state index contributed by atoms with van der Waals surface area (Å²) in [5.41, 5.74) is 4.10. The van der Waals surface area contributed by atoms with Crippen molar-refractivity contribution in [1.82, 2.24) is 20.2 Å². The van der Waals surface area contributed by atoms with E-state index in [4.69, 9.17) is 5.11 Å². The van der Waals surface area contributed by atoms with Crippen molar-refractivity contribution in [1.29, 1.82) is 0 Å². The zero-order valence-corrected chi connectivity index (χ0v) is 12.5. The van der Waals surface area contributed by atoms with Gasteiger partial charge in [-0.1, -0.05) is 6.42 Å². The van der Waals surface area contributed by atoms with Crippen LogP contribution in [0.1, 0.15) is 52.4 Å². The van der Waals surface area contributed by atoms with Gasteiger partial charge in [0, 0.05) is 11.4 Å². The molecule has 0 unspecified atom stereocenters. The molecule has 0 amide bonds. The third-order valence-electron chi connectivity index (χ3n) is 3.88. The lowest BCUT2D eigenvalue weighted by molar-refractivity contribution is 0.0690. The van der Waals surface area contributed by atoms with Crippen LogP contribution < -0.4 is 5.32 Å². The van der Waals surface area contributed by atoms with Gasteiger partial charge in [-0.2, -0.15) is 5.10 Å². The van der Waals surface area contributed by atoms with Crippen LogP contribution in [-0.2, 0) is 19.4 Å². The third kappa shape index (κ3) is 3.08. The van der Waals surface area contributed by atoms with Gasteiger partial charge in [-0.25, -0.2) is 14.8 Å². The van der Waals surface area contributed by atoms with Crippen LogP contribution in [0.15, 0.2) is 6.07 Å². The second-order valence-corrected chi connectivity index (χ2v) is 5.56. The fraction of sp³-hybridized carbons (Fsp3) is 0.467. The minimum absolute atomic E-state index is 0.00384. The van der Waals surface area contributed by atoms with Gasteiger partial charge in [0.25, 0.3) is 0 Å². The maximum absolute atomic E-state index is 11.0. The predicted octanol–water partition coefficient (Wildman–Crippen LogP) is 2.09. The van der Waals surface area contributed by atoms with Gasteiger partial charge in [0.1, 0.15) is 0 Å². The first-order valence-corrected chi connectivity index (χ1v) is 7.51. The summed E-state index contributed by atoms with van der Waals surface area (Å²) in [5.74, 6) is -0.732. The second kappa shape index (κ2) is 6.13. The molecule has 22 heavy (non-hydrogen) atoms. The van der Waals surface area contributed by atoms with E-state index >= 15 is 0 Å². The SMILES string of the molecule is Cc1cc(C(=O)O)nc(NCc2n[nH]c3c2CCCCC3)n1. The zero-order valence-electron chi connectivity index (χ0n) is 12.5. The highest BCUT2D eigenvalue weighted by molar-refractivity contribution is 5.85. The standard InChI is InChI=1S/C15H19N5O2/c1-9-7-12(14(21)22)18-15(17-9)16-8-13-10-5-3-2-4-6-11(10)19-20-13/h7H,2-6,8H2,1H3,(H,19,20)(H,21,22)(H,16,17,18). The maximum Gasteiger partial charge on any atom is 0.354 e. The van der Waals surface area contributed by atoms with E-state index in [1.54, 1.807) is 6.92 Å². The van der Waals surface area contributed by atoms with Crippen molar-refractivity contribution in [3.8, 4) is 0 Å². The quantitative estimate of drug-likeness (QED) is 0.747. The molecule has 7 heteroatoms. The average molecular weight is 301 g/mol. The van der Waals surface area contributed by atoms with Gasteiger partial charge in [-0.15, -0.1) is 0 Å². The molecule has 0 saturated carbocycles. The fourth-order valence-corrected chi connectivity index (χ4v) is 2.79. The molecule has 0 atom stereocenters. The van der Waals surface area contributed by atoms with Crippen molar-refractivity contribution in [2.24, 2.45) is 0 Å². The number of aromatic amines is 1. The number of rotatable bonds is 4. The highest BCUT2D eigenvalue weighted by Crippen LogP contribution is 2.22. The van der Waals surface area contributed by atoms with E-state index in [0.29, 0.717) is 18.2 Å². The smallest absolute Gasteiger partial charge is 0.354 e. The highest BCUT2D eigenvalue weighted by Gasteiger charge is 2.16. The summed E-state index contributed by atoms with van der Waals surface area (Å²) in [5, 5.41) is 19.6. The molecule has 0 fully saturated rings. The number of H-pyrrole nitrogens is 1.